The lowest BCUT2D eigenvalue weighted by molar-refractivity contribution is -0.00769. The van der Waals surface area contributed by atoms with Crippen LogP contribution in [0.1, 0.15) is 34.1 Å². The third-order valence-corrected chi connectivity index (χ3v) is 5.19. The van der Waals surface area contributed by atoms with Gasteiger partial charge in [0.15, 0.2) is 0 Å². The molecule has 1 aliphatic heterocycles. The van der Waals surface area contributed by atoms with E-state index < -0.39 is 15.6 Å². The predicted molar refractivity (Wildman–Crippen MR) is 73.1 cm³/mol. The van der Waals surface area contributed by atoms with Gasteiger partial charge in [-0.25, -0.2) is 8.42 Å². The SMILES string of the molecule is CC(C)NCCCS(=O)(=O)N1CCOCC1(C)C. The van der Waals surface area contributed by atoms with E-state index in [-0.39, 0.29) is 5.75 Å². The number of ether oxygens (including phenoxy) is 1. The predicted octanol–water partition coefficient (Wildman–Crippen LogP) is 0.815. The Morgan fingerprint density at radius 3 is 2.61 bits per heavy atom. The van der Waals surface area contributed by atoms with Crippen molar-refractivity contribution in [1.82, 2.24) is 9.62 Å². The van der Waals surface area contributed by atoms with Crippen LogP contribution in [0, 0.1) is 0 Å². The van der Waals surface area contributed by atoms with Crippen molar-refractivity contribution in [3.05, 3.63) is 0 Å². The zero-order valence-electron chi connectivity index (χ0n) is 11.9. The molecule has 5 nitrogen and oxygen atoms in total. The monoisotopic (exact) mass is 278 g/mol. The first-order valence-corrected chi connectivity index (χ1v) is 8.18. The summed E-state index contributed by atoms with van der Waals surface area (Å²) in [5, 5.41) is 3.23. The lowest BCUT2D eigenvalue weighted by Gasteiger charge is -2.40. The van der Waals surface area contributed by atoms with Crippen LogP contribution in [0.4, 0.5) is 0 Å². The summed E-state index contributed by atoms with van der Waals surface area (Å²) in [5.41, 5.74) is -0.428. The molecule has 0 bridgehead atoms. The molecule has 1 N–H and O–H groups in total. The van der Waals surface area contributed by atoms with E-state index in [0.29, 0.717) is 32.2 Å². The van der Waals surface area contributed by atoms with Gasteiger partial charge >= 0.3 is 0 Å². The Balaban J connectivity index is 2.52. The van der Waals surface area contributed by atoms with E-state index in [2.05, 4.69) is 19.2 Å². The zero-order valence-corrected chi connectivity index (χ0v) is 12.7. The van der Waals surface area contributed by atoms with E-state index >= 15 is 0 Å². The van der Waals surface area contributed by atoms with Crippen molar-refractivity contribution < 1.29 is 13.2 Å². The molecule has 0 radical (unpaired) electrons. The van der Waals surface area contributed by atoms with Gasteiger partial charge in [-0.1, -0.05) is 13.8 Å². The Hall–Kier alpha value is -0.170. The molecular formula is C12H26N2O3S. The first-order chi connectivity index (χ1) is 8.26. The van der Waals surface area contributed by atoms with Gasteiger partial charge in [0.25, 0.3) is 0 Å². The Morgan fingerprint density at radius 2 is 2.06 bits per heavy atom. The van der Waals surface area contributed by atoms with Crippen LogP contribution < -0.4 is 5.32 Å². The number of rotatable bonds is 6. The highest BCUT2D eigenvalue weighted by Crippen LogP contribution is 2.23. The summed E-state index contributed by atoms with van der Waals surface area (Å²) in [6, 6.07) is 0.396. The fourth-order valence-electron chi connectivity index (χ4n) is 2.12. The maximum atomic E-state index is 12.3. The second kappa shape index (κ2) is 6.32. The molecule has 0 atom stereocenters. The molecule has 1 fully saturated rings. The topological polar surface area (TPSA) is 58.6 Å². The summed E-state index contributed by atoms with van der Waals surface area (Å²) in [5.74, 6) is 0.205. The highest BCUT2D eigenvalue weighted by molar-refractivity contribution is 7.89. The summed E-state index contributed by atoms with van der Waals surface area (Å²) < 4.78 is 31.5. The normalized spacial score (nSPS) is 21.4. The average molecular weight is 278 g/mol. The number of hydrogen-bond acceptors (Lipinski definition) is 4. The molecule has 0 aromatic heterocycles. The van der Waals surface area contributed by atoms with Crippen LogP contribution in [0.25, 0.3) is 0 Å². The molecule has 108 valence electrons. The van der Waals surface area contributed by atoms with Crippen molar-refractivity contribution in [2.45, 2.75) is 45.7 Å². The van der Waals surface area contributed by atoms with Crippen molar-refractivity contribution in [2.24, 2.45) is 0 Å². The minimum Gasteiger partial charge on any atom is -0.378 e. The van der Waals surface area contributed by atoms with Crippen LogP contribution in [-0.2, 0) is 14.8 Å². The summed E-state index contributed by atoms with van der Waals surface area (Å²) in [4.78, 5) is 0. The molecule has 1 rings (SSSR count). The quantitative estimate of drug-likeness (QED) is 0.731. The largest absolute Gasteiger partial charge is 0.378 e. The Labute approximate surface area is 111 Å². The van der Waals surface area contributed by atoms with Crippen LogP contribution in [0.3, 0.4) is 0 Å². The highest BCUT2D eigenvalue weighted by atomic mass is 32.2. The molecule has 1 heterocycles. The van der Waals surface area contributed by atoms with Gasteiger partial charge in [-0.15, -0.1) is 0 Å². The molecule has 0 aliphatic carbocycles. The van der Waals surface area contributed by atoms with E-state index in [1.165, 1.54) is 0 Å². The van der Waals surface area contributed by atoms with Crippen LogP contribution in [-0.4, -0.2) is 56.4 Å². The molecule has 0 spiro atoms. The van der Waals surface area contributed by atoms with Crippen molar-refractivity contribution in [2.75, 3.05) is 32.1 Å². The molecular weight excluding hydrogens is 252 g/mol. The Morgan fingerprint density at radius 1 is 1.39 bits per heavy atom. The number of nitrogens with zero attached hydrogens (tertiary/aromatic N) is 1. The molecule has 0 aromatic rings. The van der Waals surface area contributed by atoms with Crippen LogP contribution in [0.2, 0.25) is 0 Å². The number of morpholine rings is 1. The van der Waals surface area contributed by atoms with Gasteiger partial charge in [0, 0.05) is 12.6 Å². The molecule has 0 unspecified atom stereocenters. The number of nitrogens with one attached hydrogen (secondary N) is 1. The fraction of sp³-hybridized carbons (Fsp3) is 1.00. The molecule has 0 saturated carbocycles. The summed E-state index contributed by atoms with van der Waals surface area (Å²) in [6.07, 6.45) is 0.647. The third kappa shape index (κ3) is 4.50. The first-order valence-electron chi connectivity index (χ1n) is 6.57. The maximum Gasteiger partial charge on any atom is 0.214 e. The fourth-order valence-corrected chi connectivity index (χ4v) is 4.00. The minimum absolute atomic E-state index is 0.205. The average Bonchev–Trinajstić information content (AvgIpc) is 2.23. The van der Waals surface area contributed by atoms with Gasteiger partial charge in [-0.05, 0) is 26.8 Å². The lowest BCUT2D eigenvalue weighted by Crippen LogP contribution is -2.56. The maximum absolute atomic E-state index is 12.3. The molecule has 0 aromatic carbocycles. The molecule has 1 saturated heterocycles. The van der Waals surface area contributed by atoms with E-state index in [1.54, 1.807) is 4.31 Å². The lowest BCUT2D eigenvalue weighted by atomic mass is 10.1. The molecule has 18 heavy (non-hydrogen) atoms. The van der Waals surface area contributed by atoms with E-state index in [1.807, 2.05) is 13.8 Å². The second-order valence-corrected chi connectivity index (χ2v) is 7.73. The van der Waals surface area contributed by atoms with Gasteiger partial charge in [0.05, 0.1) is 24.5 Å². The van der Waals surface area contributed by atoms with E-state index in [9.17, 15) is 8.42 Å². The summed E-state index contributed by atoms with van der Waals surface area (Å²) >= 11 is 0. The van der Waals surface area contributed by atoms with Crippen molar-refractivity contribution in [1.29, 1.82) is 0 Å². The van der Waals surface area contributed by atoms with Crippen LogP contribution in [0.15, 0.2) is 0 Å². The highest BCUT2D eigenvalue weighted by Gasteiger charge is 2.38. The first kappa shape index (κ1) is 15.9. The minimum atomic E-state index is -3.18. The summed E-state index contributed by atoms with van der Waals surface area (Å²) in [7, 11) is -3.18. The standard InChI is InChI=1S/C12H26N2O3S/c1-11(2)13-6-5-9-18(15,16)14-7-8-17-10-12(14,3)4/h11,13H,5-10H2,1-4H3. The summed E-state index contributed by atoms with van der Waals surface area (Å²) in [6.45, 7) is 10.1. The van der Waals surface area contributed by atoms with Gasteiger partial charge in [-0.2, -0.15) is 4.31 Å². The van der Waals surface area contributed by atoms with Crippen molar-refractivity contribution >= 4 is 10.0 Å². The van der Waals surface area contributed by atoms with Gasteiger partial charge in [0.1, 0.15) is 0 Å². The van der Waals surface area contributed by atoms with Gasteiger partial charge in [-0.3, -0.25) is 0 Å². The van der Waals surface area contributed by atoms with E-state index in [4.69, 9.17) is 4.74 Å². The van der Waals surface area contributed by atoms with Gasteiger partial charge in [0.2, 0.25) is 10.0 Å². The zero-order chi connectivity index (χ0) is 13.8. The second-order valence-electron chi connectivity index (χ2n) is 5.72. The number of hydrogen-bond donors (Lipinski definition) is 1. The molecule has 1 aliphatic rings. The van der Waals surface area contributed by atoms with E-state index in [0.717, 1.165) is 6.54 Å². The number of sulfonamides is 1. The van der Waals surface area contributed by atoms with Crippen molar-refractivity contribution in [3.8, 4) is 0 Å². The Bertz CT molecular complexity index is 352. The molecule has 6 heteroatoms. The van der Waals surface area contributed by atoms with Crippen molar-refractivity contribution in [3.63, 3.8) is 0 Å². The smallest absolute Gasteiger partial charge is 0.214 e. The van der Waals surface area contributed by atoms with Crippen LogP contribution in [0.5, 0.6) is 0 Å². The third-order valence-electron chi connectivity index (χ3n) is 3.04. The Kier molecular flexibility index (Phi) is 5.58. The van der Waals surface area contributed by atoms with Gasteiger partial charge < -0.3 is 10.1 Å². The molecule has 0 amide bonds. The van der Waals surface area contributed by atoms with Crippen LogP contribution >= 0.6 is 0 Å².